The average Bonchev–Trinajstić information content (AvgIpc) is 2.47. The molecule has 0 spiro atoms. The molecule has 20 heavy (non-hydrogen) atoms. The fourth-order valence-electron chi connectivity index (χ4n) is 1.92. The Balaban J connectivity index is 3.20. The number of benzene rings is 1. The Morgan fingerprint density at radius 3 is 2.10 bits per heavy atom. The molecule has 1 aromatic carbocycles. The van der Waals surface area contributed by atoms with Gasteiger partial charge < -0.3 is 9.47 Å². The van der Waals surface area contributed by atoms with E-state index < -0.39 is 29.6 Å². The Bertz CT molecular complexity index is 505. The molecule has 1 rings (SSSR count). The summed E-state index contributed by atoms with van der Waals surface area (Å²) in [5, 5.41) is 8.88. The zero-order valence-electron chi connectivity index (χ0n) is 11.1. The van der Waals surface area contributed by atoms with Crippen LogP contribution < -0.4 is 0 Å². The average molecular weight is 279 g/mol. The summed E-state index contributed by atoms with van der Waals surface area (Å²) in [7, 11) is 2.29. The molecule has 0 aliphatic carbocycles. The standard InChI is InChI=1S/C14H14FNO4/c1-19-13(17)12(14(18)20-2)11(7-8-16)9-3-5-10(15)6-4-9/h3-6,11-12H,7H2,1-2H3. The molecule has 0 amide bonds. The number of hydrogen-bond acceptors (Lipinski definition) is 5. The van der Waals surface area contributed by atoms with Crippen molar-refractivity contribution in [2.45, 2.75) is 12.3 Å². The van der Waals surface area contributed by atoms with Gasteiger partial charge in [0.25, 0.3) is 0 Å². The minimum absolute atomic E-state index is 0.0967. The molecule has 1 aromatic rings. The Labute approximate surface area is 115 Å². The van der Waals surface area contributed by atoms with Gasteiger partial charge in [0.05, 0.1) is 20.3 Å². The highest BCUT2D eigenvalue weighted by molar-refractivity contribution is 5.96. The minimum atomic E-state index is -1.25. The van der Waals surface area contributed by atoms with Crippen LogP contribution in [0.25, 0.3) is 0 Å². The number of rotatable bonds is 5. The van der Waals surface area contributed by atoms with E-state index in [1.165, 1.54) is 24.3 Å². The van der Waals surface area contributed by atoms with Gasteiger partial charge in [-0.3, -0.25) is 9.59 Å². The maximum Gasteiger partial charge on any atom is 0.320 e. The monoisotopic (exact) mass is 279 g/mol. The van der Waals surface area contributed by atoms with Crippen LogP contribution in [0.2, 0.25) is 0 Å². The van der Waals surface area contributed by atoms with Gasteiger partial charge in [0.1, 0.15) is 5.82 Å². The van der Waals surface area contributed by atoms with Crippen molar-refractivity contribution >= 4 is 11.9 Å². The summed E-state index contributed by atoms with van der Waals surface area (Å²) < 4.78 is 22.1. The first kappa shape index (κ1) is 15.6. The lowest BCUT2D eigenvalue weighted by molar-refractivity contribution is -0.159. The second-order valence-corrected chi connectivity index (χ2v) is 4.04. The number of hydrogen-bond donors (Lipinski definition) is 0. The number of nitrogens with zero attached hydrogens (tertiary/aromatic N) is 1. The zero-order valence-corrected chi connectivity index (χ0v) is 11.1. The van der Waals surface area contributed by atoms with Crippen molar-refractivity contribution in [3.63, 3.8) is 0 Å². The van der Waals surface area contributed by atoms with Crippen LogP contribution in [0.1, 0.15) is 17.9 Å². The predicted molar refractivity (Wildman–Crippen MR) is 66.9 cm³/mol. The van der Waals surface area contributed by atoms with Crippen LogP contribution >= 0.6 is 0 Å². The summed E-state index contributed by atoms with van der Waals surface area (Å²) in [6.07, 6.45) is -0.0967. The van der Waals surface area contributed by atoms with Crippen LogP contribution in [0, 0.1) is 23.1 Å². The molecule has 0 aromatic heterocycles. The molecular formula is C14H14FNO4. The fourth-order valence-corrected chi connectivity index (χ4v) is 1.92. The second-order valence-electron chi connectivity index (χ2n) is 4.04. The minimum Gasteiger partial charge on any atom is -0.468 e. The first-order chi connectivity index (χ1) is 9.54. The van der Waals surface area contributed by atoms with Gasteiger partial charge >= 0.3 is 11.9 Å². The first-order valence-corrected chi connectivity index (χ1v) is 5.83. The van der Waals surface area contributed by atoms with Gasteiger partial charge in [0.2, 0.25) is 0 Å². The fraction of sp³-hybridized carbons (Fsp3) is 0.357. The lowest BCUT2D eigenvalue weighted by atomic mass is 9.84. The van der Waals surface area contributed by atoms with Crippen LogP contribution in [0.15, 0.2) is 24.3 Å². The van der Waals surface area contributed by atoms with E-state index in [-0.39, 0.29) is 6.42 Å². The molecule has 0 aliphatic rings. The molecule has 0 bridgehead atoms. The van der Waals surface area contributed by atoms with Crippen LogP contribution in [0.4, 0.5) is 4.39 Å². The Morgan fingerprint density at radius 1 is 1.20 bits per heavy atom. The number of esters is 2. The lowest BCUT2D eigenvalue weighted by Crippen LogP contribution is -2.32. The highest BCUT2D eigenvalue weighted by atomic mass is 19.1. The van der Waals surface area contributed by atoms with Crippen LogP contribution in [0.5, 0.6) is 0 Å². The molecule has 0 radical (unpaired) electrons. The van der Waals surface area contributed by atoms with Crippen molar-refractivity contribution in [2.24, 2.45) is 5.92 Å². The SMILES string of the molecule is COC(=O)C(C(=O)OC)C(CC#N)c1ccc(F)cc1. The van der Waals surface area contributed by atoms with Gasteiger partial charge in [-0.2, -0.15) is 5.26 Å². The zero-order chi connectivity index (χ0) is 15.1. The van der Waals surface area contributed by atoms with E-state index in [0.717, 1.165) is 14.2 Å². The third-order valence-electron chi connectivity index (χ3n) is 2.92. The topological polar surface area (TPSA) is 76.4 Å². The normalized spacial score (nSPS) is 11.6. The molecule has 1 atom stereocenters. The van der Waals surface area contributed by atoms with E-state index in [4.69, 9.17) is 5.26 Å². The van der Waals surface area contributed by atoms with Gasteiger partial charge in [0, 0.05) is 12.3 Å². The molecule has 0 saturated carbocycles. The number of ether oxygens (including phenoxy) is 2. The van der Waals surface area contributed by atoms with E-state index in [1.807, 2.05) is 6.07 Å². The summed E-state index contributed by atoms with van der Waals surface area (Å²) in [5.41, 5.74) is 0.494. The van der Waals surface area contributed by atoms with Crippen LogP contribution in [-0.2, 0) is 19.1 Å². The quantitative estimate of drug-likeness (QED) is 0.606. The number of halogens is 1. The Kier molecular flexibility index (Phi) is 5.66. The van der Waals surface area contributed by atoms with Gasteiger partial charge in [-0.1, -0.05) is 12.1 Å². The third kappa shape index (κ3) is 3.54. The van der Waals surface area contributed by atoms with Crippen molar-refractivity contribution in [2.75, 3.05) is 14.2 Å². The molecule has 0 aliphatic heterocycles. The van der Waals surface area contributed by atoms with Crippen molar-refractivity contribution in [1.82, 2.24) is 0 Å². The highest BCUT2D eigenvalue weighted by Crippen LogP contribution is 2.30. The van der Waals surface area contributed by atoms with E-state index in [2.05, 4.69) is 9.47 Å². The summed E-state index contributed by atoms with van der Waals surface area (Å²) in [6.45, 7) is 0. The second kappa shape index (κ2) is 7.24. The van der Waals surface area contributed by atoms with E-state index in [0.29, 0.717) is 5.56 Å². The van der Waals surface area contributed by atoms with Gasteiger partial charge in [-0.15, -0.1) is 0 Å². The third-order valence-corrected chi connectivity index (χ3v) is 2.92. The van der Waals surface area contributed by atoms with Crippen molar-refractivity contribution < 1.29 is 23.5 Å². The largest absolute Gasteiger partial charge is 0.468 e. The predicted octanol–water partition coefficient (Wildman–Crippen LogP) is 1.79. The summed E-state index contributed by atoms with van der Waals surface area (Å²) in [5.74, 6) is -4.03. The number of carbonyl (C=O) groups excluding carboxylic acids is 2. The Morgan fingerprint density at radius 2 is 1.70 bits per heavy atom. The molecule has 0 heterocycles. The molecule has 106 valence electrons. The maximum atomic E-state index is 12.9. The van der Waals surface area contributed by atoms with Crippen LogP contribution in [0.3, 0.4) is 0 Å². The van der Waals surface area contributed by atoms with Crippen molar-refractivity contribution in [1.29, 1.82) is 5.26 Å². The van der Waals surface area contributed by atoms with E-state index in [1.54, 1.807) is 0 Å². The summed E-state index contributed by atoms with van der Waals surface area (Å²) in [6, 6.07) is 7.16. The number of nitriles is 1. The molecule has 6 heteroatoms. The molecule has 0 saturated heterocycles. The summed E-state index contributed by atoms with van der Waals surface area (Å²) in [4.78, 5) is 23.5. The van der Waals surface area contributed by atoms with E-state index >= 15 is 0 Å². The van der Waals surface area contributed by atoms with Crippen molar-refractivity contribution in [3.8, 4) is 6.07 Å². The number of methoxy groups -OCH3 is 2. The molecule has 0 N–H and O–H groups in total. The molecule has 1 unspecified atom stereocenters. The van der Waals surface area contributed by atoms with Crippen LogP contribution in [-0.4, -0.2) is 26.2 Å². The Hall–Kier alpha value is -2.42. The van der Waals surface area contributed by atoms with Gasteiger partial charge in [-0.25, -0.2) is 4.39 Å². The number of carbonyl (C=O) groups is 2. The molecular weight excluding hydrogens is 265 g/mol. The van der Waals surface area contributed by atoms with Gasteiger partial charge in [-0.05, 0) is 17.7 Å². The van der Waals surface area contributed by atoms with Gasteiger partial charge in [0.15, 0.2) is 5.92 Å². The van der Waals surface area contributed by atoms with Crippen molar-refractivity contribution in [3.05, 3.63) is 35.6 Å². The smallest absolute Gasteiger partial charge is 0.320 e. The molecule has 5 nitrogen and oxygen atoms in total. The first-order valence-electron chi connectivity index (χ1n) is 5.83. The summed E-state index contributed by atoms with van der Waals surface area (Å²) >= 11 is 0. The highest BCUT2D eigenvalue weighted by Gasteiger charge is 2.37. The van der Waals surface area contributed by atoms with E-state index in [9.17, 15) is 14.0 Å². The lowest BCUT2D eigenvalue weighted by Gasteiger charge is -2.21. The molecule has 0 fully saturated rings. The maximum absolute atomic E-state index is 12.9.